The fraction of sp³-hybridized carbons (Fsp3) is 0. The summed E-state index contributed by atoms with van der Waals surface area (Å²) in [4.78, 5) is 22.0. The Morgan fingerprint density at radius 2 is 1.74 bits per heavy atom. The molecule has 0 saturated heterocycles. The van der Waals surface area contributed by atoms with Crippen molar-refractivity contribution in [2.24, 2.45) is 0 Å². The molecule has 2 aromatic carbocycles. The van der Waals surface area contributed by atoms with Crippen LogP contribution in [0.3, 0.4) is 0 Å². The quantitative estimate of drug-likeness (QED) is 0.693. The number of hydrogen-bond donors (Lipinski definition) is 1. The van der Waals surface area contributed by atoms with Crippen molar-refractivity contribution in [3.8, 4) is 0 Å². The molecular formula is C13H9BrN2O3. The monoisotopic (exact) mass is 320 g/mol. The largest absolute Gasteiger partial charge is 0.322 e. The van der Waals surface area contributed by atoms with Gasteiger partial charge in [0.25, 0.3) is 11.6 Å². The third kappa shape index (κ3) is 3.17. The number of rotatable bonds is 3. The van der Waals surface area contributed by atoms with Gasteiger partial charge in [0, 0.05) is 22.3 Å². The minimum Gasteiger partial charge on any atom is -0.322 e. The third-order valence-electron chi connectivity index (χ3n) is 2.45. The first-order chi connectivity index (χ1) is 9.08. The summed E-state index contributed by atoms with van der Waals surface area (Å²) >= 11 is 3.29. The van der Waals surface area contributed by atoms with Gasteiger partial charge in [0.1, 0.15) is 0 Å². The number of anilines is 1. The second-order valence-electron chi connectivity index (χ2n) is 3.74. The van der Waals surface area contributed by atoms with E-state index in [-0.39, 0.29) is 11.6 Å². The maximum absolute atomic E-state index is 12.0. The molecule has 0 bridgehead atoms. The molecule has 96 valence electrons. The summed E-state index contributed by atoms with van der Waals surface area (Å²) in [6.07, 6.45) is 0. The molecule has 0 aliphatic rings. The summed E-state index contributed by atoms with van der Waals surface area (Å²) < 4.78 is 0.689. The lowest BCUT2D eigenvalue weighted by molar-refractivity contribution is -0.384. The lowest BCUT2D eigenvalue weighted by Crippen LogP contribution is -2.12. The van der Waals surface area contributed by atoms with E-state index in [0.29, 0.717) is 15.7 Å². The molecule has 1 N–H and O–H groups in total. The van der Waals surface area contributed by atoms with Crippen molar-refractivity contribution in [1.82, 2.24) is 0 Å². The van der Waals surface area contributed by atoms with Crippen LogP contribution < -0.4 is 5.32 Å². The fourth-order valence-electron chi connectivity index (χ4n) is 1.51. The van der Waals surface area contributed by atoms with Gasteiger partial charge in [-0.2, -0.15) is 0 Å². The highest BCUT2D eigenvalue weighted by Gasteiger charge is 2.10. The predicted octanol–water partition coefficient (Wildman–Crippen LogP) is 3.61. The fourth-order valence-corrected chi connectivity index (χ4v) is 1.98. The molecule has 0 heterocycles. The molecule has 0 aliphatic heterocycles. The van der Waals surface area contributed by atoms with Gasteiger partial charge in [0.2, 0.25) is 0 Å². The molecule has 0 spiro atoms. The van der Waals surface area contributed by atoms with Crippen molar-refractivity contribution in [3.63, 3.8) is 0 Å². The lowest BCUT2D eigenvalue weighted by atomic mass is 10.2. The Balaban J connectivity index is 2.15. The Morgan fingerprint density at radius 1 is 1.11 bits per heavy atom. The normalized spacial score (nSPS) is 9.95. The number of nitrogens with one attached hydrogen (secondary N) is 1. The Bertz CT molecular complexity index is 626. The van der Waals surface area contributed by atoms with E-state index in [1.165, 1.54) is 24.3 Å². The van der Waals surface area contributed by atoms with E-state index >= 15 is 0 Å². The topological polar surface area (TPSA) is 72.2 Å². The Labute approximate surface area is 117 Å². The number of non-ortho nitro benzene ring substituents is 1. The molecule has 2 rings (SSSR count). The molecule has 6 heteroatoms. The van der Waals surface area contributed by atoms with E-state index in [0.717, 1.165) is 0 Å². The first kappa shape index (κ1) is 13.2. The van der Waals surface area contributed by atoms with Crippen LogP contribution in [0.1, 0.15) is 10.4 Å². The number of nitro benzene ring substituents is 1. The van der Waals surface area contributed by atoms with Crippen LogP contribution in [0.2, 0.25) is 0 Å². The molecule has 0 atom stereocenters. The first-order valence-electron chi connectivity index (χ1n) is 5.38. The Morgan fingerprint density at radius 3 is 2.32 bits per heavy atom. The van der Waals surface area contributed by atoms with E-state index in [4.69, 9.17) is 0 Å². The minimum absolute atomic E-state index is 0.0149. The zero-order chi connectivity index (χ0) is 13.8. The molecular weight excluding hydrogens is 312 g/mol. The number of benzene rings is 2. The molecule has 0 radical (unpaired) electrons. The van der Waals surface area contributed by atoms with Crippen molar-refractivity contribution in [2.75, 3.05) is 5.32 Å². The summed E-state index contributed by atoms with van der Waals surface area (Å²) in [6.45, 7) is 0. The van der Waals surface area contributed by atoms with E-state index in [9.17, 15) is 14.9 Å². The first-order valence-corrected chi connectivity index (χ1v) is 6.17. The SMILES string of the molecule is O=C(Nc1ccc([N+](=O)[O-])cc1)c1ccccc1Br. The second-order valence-corrected chi connectivity index (χ2v) is 4.59. The lowest BCUT2D eigenvalue weighted by Gasteiger charge is -2.06. The van der Waals surface area contributed by atoms with Gasteiger partial charge in [-0.05, 0) is 40.2 Å². The van der Waals surface area contributed by atoms with Gasteiger partial charge >= 0.3 is 0 Å². The number of carbonyl (C=O) groups excluding carboxylic acids is 1. The van der Waals surface area contributed by atoms with Crippen molar-refractivity contribution >= 4 is 33.2 Å². The second kappa shape index (κ2) is 5.62. The van der Waals surface area contributed by atoms with E-state index in [1.54, 1.807) is 18.2 Å². The highest BCUT2D eigenvalue weighted by atomic mass is 79.9. The summed E-state index contributed by atoms with van der Waals surface area (Å²) in [5, 5.41) is 13.2. The van der Waals surface area contributed by atoms with E-state index in [2.05, 4.69) is 21.2 Å². The Kier molecular flexibility index (Phi) is 3.91. The average Bonchev–Trinajstić information content (AvgIpc) is 2.39. The van der Waals surface area contributed by atoms with Crippen molar-refractivity contribution < 1.29 is 9.72 Å². The molecule has 5 nitrogen and oxygen atoms in total. The summed E-state index contributed by atoms with van der Waals surface area (Å²) in [5.41, 5.74) is 0.992. The van der Waals surface area contributed by atoms with Gasteiger partial charge in [-0.3, -0.25) is 14.9 Å². The molecule has 0 unspecified atom stereocenters. The highest BCUT2D eigenvalue weighted by molar-refractivity contribution is 9.10. The average molecular weight is 321 g/mol. The number of nitrogens with zero attached hydrogens (tertiary/aromatic N) is 1. The minimum atomic E-state index is -0.487. The maximum Gasteiger partial charge on any atom is 0.269 e. The number of carbonyl (C=O) groups is 1. The standard InChI is InChI=1S/C13H9BrN2O3/c14-12-4-2-1-3-11(12)13(17)15-9-5-7-10(8-6-9)16(18)19/h1-8H,(H,15,17). The molecule has 19 heavy (non-hydrogen) atoms. The van der Waals surface area contributed by atoms with Crippen LogP contribution in [0.15, 0.2) is 53.0 Å². The highest BCUT2D eigenvalue weighted by Crippen LogP contribution is 2.19. The van der Waals surface area contributed by atoms with Crippen LogP contribution in [0.25, 0.3) is 0 Å². The number of hydrogen-bond acceptors (Lipinski definition) is 3. The predicted molar refractivity (Wildman–Crippen MR) is 75.2 cm³/mol. The third-order valence-corrected chi connectivity index (χ3v) is 3.15. The van der Waals surface area contributed by atoms with Crippen molar-refractivity contribution in [2.45, 2.75) is 0 Å². The maximum atomic E-state index is 12.0. The summed E-state index contributed by atoms with van der Waals surface area (Å²) in [6, 6.07) is 12.7. The zero-order valence-electron chi connectivity index (χ0n) is 9.67. The number of halogens is 1. The molecule has 0 fully saturated rings. The summed E-state index contributed by atoms with van der Waals surface area (Å²) in [7, 11) is 0. The van der Waals surface area contributed by atoms with Gasteiger partial charge in [-0.15, -0.1) is 0 Å². The smallest absolute Gasteiger partial charge is 0.269 e. The summed E-state index contributed by atoms with van der Waals surface area (Å²) in [5.74, 6) is -0.277. The van der Waals surface area contributed by atoms with E-state index < -0.39 is 4.92 Å². The van der Waals surface area contributed by atoms with Gasteiger partial charge in [0.15, 0.2) is 0 Å². The van der Waals surface area contributed by atoms with Gasteiger partial charge in [0.05, 0.1) is 10.5 Å². The Hall–Kier alpha value is -2.21. The van der Waals surface area contributed by atoms with E-state index in [1.807, 2.05) is 6.07 Å². The van der Waals surface area contributed by atoms with Crippen LogP contribution in [0.4, 0.5) is 11.4 Å². The van der Waals surface area contributed by atoms with Crippen molar-refractivity contribution in [3.05, 3.63) is 68.7 Å². The van der Waals surface area contributed by atoms with Crippen LogP contribution >= 0.6 is 15.9 Å². The van der Waals surface area contributed by atoms with Gasteiger partial charge < -0.3 is 5.32 Å². The molecule has 0 aromatic heterocycles. The molecule has 0 saturated carbocycles. The van der Waals surface area contributed by atoms with Crippen LogP contribution in [-0.4, -0.2) is 10.8 Å². The van der Waals surface area contributed by atoms with Crippen LogP contribution in [0, 0.1) is 10.1 Å². The van der Waals surface area contributed by atoms with Gasteiger partial charge in [-0.25, -0.2) is 0 Å². The molecule has 2 aromatic rings. The zero-order valence-corrected chi connectivity index (χ0v) is 11.3. The van der Waals surface area contributed by atoms with Gasteiger partial charge in [-0.1, -0.05) is 12.1 Å². The van der Waals surface area contributed by atoms with Crippen molar-refractivity contribution in [1.29, 1.82) is 0 Å². The number of amides is 1. The number of nitro groups is 1. The molecule has 1 amide bonds. The van der Waals surface area contributed by atoms with Crippen LogP contribution in [-0.2, 0) is 0 Å². The molecule has 0 aliphatic carbocycles. The van der Waals surface area contributed by atoms with Crippen LogP contribution in [0.5, 0.6) is 0 Å².